The van der Waals surface area contributed by atoms with Crippen LogP contribution in [-0.4, -0.2) is 24.2 Å². The van der Waals surface area contributed by atoms with E-state index < -0.39 is 15.9 Å². The number of anilines is 2. The van der Waals surface area contributed by atoms with Gasteiger partial charge in [-0.1, -0.05) is 29.3 Å². The van der Waals surface area contributed by atoms with Crippen molar-refractivity contribution in [2.24, 2.45) is 5.14 Å². The molecule has 8 nitrogen and oxygen atoms in total. The van der Waals surface area contributed by atoms with Gasteiger partial charge in [-0.3, -0.25) is 14.5 Å². The molecule has 3 N–H and O–H groups in total. The molecule has 1 aliphatic heterocycles. The number of carbonyl (C=O) groups excluding carboxylic acids is 1. The number of aromatic nitrogens is 2. The smallest absolute Gasteiger partial charge is 0.257 e. The number of allylic oxidation sites excluding steroid dienone is 2. The summed E-state index contributed by atoms with van der Waals surface area (Å²) in [5, 5.41) is 6.10. The van der Waals surface area contributed by atoms with Crippen molar-refractivity contribution in [2.45, 2.75) is 48.8 Å². The van der Waals surface area contributed by atoms with Crippen molar-refractivity contribution in [3.8, 4) is 0 Å². The van der Waals surface area contributed by atoms with Gasteiger partial charge in [0.25, 0.3) is 5.56 Å². The first-order valence-electron chi connectivity index (χ1n) is 11.9. The highest BCUT2D eigenvalue weighted by atomic mass is 35.5. The van der Waals surface area contributed by atoms with Crippen LogP contribution in [0.15, 0.2) is 63.4 Å². The van der Waals surface area contributed by atoms with Crippen molar-refractivity contribution in [3.05, 3.63) is 91.1 Å². The normalized spacial score (nSPS) is 19.6. The van der Waals surface area contributed by atoms with Gasteiger partial charge in [-0.15, -0.1) is 0 Å². The van der Waals surface area contributed by atoms with E-state index in [-0.39, 0.29) is 22.2 Å². The molecule has 0 saturated heterocycles. The zero-order valence-corrected chi connectivity index (χ0v) is 21.8. The van der Waals surface area contributed by atoms with E-state index in [2.05, 4.69) is 4.98 Å². The fourth-order valence-electron chi connectivity index (χ4n) is 5.26. The van der Waals surface area contributed by atoms with Gasteiger partial charge in [0, 0.05) is 45.3 Å². The molecule has 1 atom stereocenters. The van der Waals surface area contributed by atoms with Crippen LogP contribution in [0.2, 0.25) is 10.0 Å². The molecule has 1 unspecified atom stereocenters. The molecule has 1 saturated carbocycles. The molecule has 0 bridgehead atoms. The fourth-order valence-corrected chi connectivity index (χ4v) is 6.29. The van der Waals surface area contributed by atoms with Crippen LogP contribution in [0.25, 0.3) is 0 Å². The number of rotatable bonds is 4. The Hall–Kier alpha value is -2.98. The zero-order chi connectivity index (χ0) is 26.1. The molecule has 0 radical (unpaired) electrons. The topological polar surface area (TPSA) is 126 Å². The maximum absolute atomic E-state index is 13.7. The fraction of sp³-hybridized carbons (Fsp3) is 0.269. The Labute approximate surface area is 223 Å². The molecule has 0 spiro atoms. The average molecular weight is 557 g/mol. The first kappa shape index (κ1) is 24.4. The second kappa shape index (κ2) is 8.80. The summed E-state index contributed by atoms with van der Waals surface area (Å²) in [6, 6.07) is 11.1. The van der Waals surface area contributed by atoms with Crippen molar-refractivity contribution >= 4 is 50.5 Å². The number of ketones is 1. The molecule has 190 valence electrons. The third-order valence-electron chi connectivity index (χ3n) is 7.10. The van der Waals surface area contributed by atoms with Crippen molar-refractivity contribution in [1.29, 1.82) is 0 Å². The Bertz CT molecular complexity index is 1660. The number of nitrogens with one attached hydrogen (secondary N) is 1. The van der Waals surface area contributed by atoms with E-state index in [4.69, 9.17) is 33.3 Å². The number of aromatic amines is 1. The SMILES string of the molecule is NS(=O)(=O)c1ccc(N2C3=C(C(=O)CCC3)C(c3ccc(Cl)cc3Cl)c3c2nc(C2CC2)[nH]c3=O)cc1. The summed E-state index contributed by atoms with van der Waals surface area (Å²) < 4.78 is 23.7. The summed E-state index contributed by atoms with van der Waals surface area (Å²) in [4.78, 5) is 36.8. The Morgan fingerprint density at radius 1 is 1.03 bits per heavy atom. The second-order valence-electron chi connectivity index (χ2n) is 9.57. The summed E-state index contributed by atoms with van der Waals surface area (Å²) in [6.45, 7) is 0. The lowest BCUT2D eigenvalue weighted by atomic mass is 9.75. The maximum atomic E-state index is 13.7. The number of carbonyl (C=O) groups is 1. The number of halogens is 2. The number of Topliss-reactive ketones (excluding diaryl/α,β-unsaturated/α-hetero) is 1. The molecule has 11 heteroatoms. The molecule has 2 aromatic carbocycles. The standard InChI is InChI=1S/C26H22Cl2N4O4S/c27-14-6-11-17(18(28)12-14)21-22-19(2-1-3-20(22)33)32(15-7-9-16(10-8-15)37(29,35)36)25-23(21)26(34)31-24(30-25)13-4-5-13/h6-13,21H,1-5H2,(H2,29,35,36)(H,30,31,34). The summed E-state index contributed by atoms with van der Waals surface area (Å²) in [5.74, 6) is 0.401. The van der Waals surface area contributed by atoms with E-state index in [1.807, 2.05) is 4.90 Å². The lowest BCUT2D eigenvalue weighted by Crippen LogP contribution is -2.37. The summed E-state index contributed by atoms with van der Waals surface area (Å²) >= 11 is 12.8. The highest BCUT2D eigenvalue weighted by Gasteiger charge is 2.43. The number of hydrogen-bond acceptors (Lipinski definition) is 6. The molecule has 3 aromatic rings. The van der Waals surface area contributed by atoms with Crippen molar-refractivity contribution in [1.82, 2.24) is 9.97 Å². The highest BCUT2D eigenvalue weighted by molar-refractivity contribution is 7.89. The largest absolute Gasteiger partial charge is 0.310 e. The van der Waals surface area contributed by atoms with Gasteiger partial charge in [0.15, 0.2) is 5.78 Å². The van der Waals surface area contributed by atoms with Crippen LogP contribution in [0.5, 0.6) is 0 Å². The summed E-state index contributed by atoms with van der Waals surface area (Å²) in [5.41, 5.74) is 2.38. The number of nitrogens with two attached hydrogens (primary N) is 1. The third-order valence-corrected chi connectivity index (χ3v) is 8.59. The van der Waals surface area contributed by atoms with E-state index >= 15 is 0 Å². The van der Waals surface area contributed by atoms with E-state index in [0.717, 1.165) is 18.5 Å². The minimum absolute atomic E-state index is 0.0363. The molecule has 6 rings (SSSR count). The number of benzene rings is 2. The van der Waals surface area contributed by atoms with E-state index in [9.17, 15) is 18.0 Å². The van der Waals surface area contributed by atoms with Gasteiger partial charge in [0.1, 0.15) is 11.6 Å². The predicted molar refractivity (Wildman–Crippen MR) is 141 cm³/mol. The van der Waals surface area contributed by atoms with Crippen LogP contribution in [-0.2, 0) is 14.8 Å². The third kappa shape index (κ3) is 4.20. The first-order valence-corrected chi connectivity index (χ1v) is 14.2. The number of hydrogen-bond donors (Lipinski definition) is 2. The Kier molecular flexibility index (Phi) is 5.80. The second-order valence-corrected chi connectivity index (χ2v) is 12.0. The van der Waals surface area contributed by atoms with Crippen LogP contribution in [0.3, 0.4) is 0 Å². The molecule has 0 amide bonds. The number of primary sulfonamides is 1. The lowest BCUT2D eigenvalue weighted by Gasteiger charge is -2.40. The van der Waals surface area contributed by atoms with Crippen LogP contribution in [0.1, 0.15) is 60.9 Å². The molecule has 37 heavy (non-hydrogen) atoms. The van der Waals surface area contributed by atoms with E-state index in [1.54, 1.807) is 30.3 Å². The maximum Gasteiger partial charge on any atom is 0.257 e. The summed E-state index contributed by atoms with van der Waals surface area (Å²) in [6.07, 6.45) is 3.43. The molecule has 1 aromatic heterocycles. The Morgan fingerprint density at radius 2 is 1.76 bits per heavy atom. The number of sulfonamides is 1. The zero-order valence-electron chi connectivity index (χ0n) is 19.5. The monoisotopic (exact) mass is 556 g/mol. The number of nitrogens with zero attached hydrogens (tertiary/aromatic N) is 2. The average Bonchev–Trinajstić information content (AvgIpc) is 3.68. The molecule has 3 aliphatic rings. The van der Waals surface area contributed by atoms with Gasteiger partial charge in [0.2, 0.25) is 10.0 Å². The van der Waals surface area contributed by atoms with Gasteiger partial charge in [0.05, 0.1) is 10.5 Å². The van der Waals surface area contributed by atoms with Gasteiger partial charge < -0.3 is 4.98 Å². The van der Waals surface area contributed by atoms with Crippen LogP contribution < -0.4 is 15.6 Å². The molecular weight excluding hydrogens is 535 g/mol. The summed E-state index contributed by atoms with van der Waals surface area (Å²) in [7, 11) is -3.89. The molecular formula is C26H22Cl2N4O4S. The van der Waals surface area contributed by atoms with Crippen LogP contribution >= 0.6 is 23.2 Å². The van der Waals surface area contributed by atoms with Gasteiger partial charge >= 0.3 is 0 Å². The number of H-pyrrole nitrogens is 1. The molecule has 2 aliphatic carbocycles. The van der Waals surface area contributed by atoms with Crippen molar-refractivity contribution < 1.29 is 13.2 Å². The van der Waals surface area contributed by atoms with Gasteiger partial charge in [-0.25, -0.2) is 18.5 Å². The van der Waals surface area contributed by atoms with Gasteiger partial charge in [-0.2, -0.15) is 0 Å². The molecule has 1 fully saturated rings. The highest BCUT2D eigenvalue weighted by Crippen LogP contribution is 2.51. The minimum atomic E-state index is -3.89. The van der Waals surface area contributed by atoms with E-state index in [0.29, 0.717) is 63.3 Å². The number of fused-ring (bicyclic) bond motifs is 1. The Balaban J connectivity index is 1.65. The Morgan fingerprint density at radius 3 is 2.41 bits per heavy atom. The molecule has 2 heterocycles. The first-order chi connectivity index (χ1) is 17.6. The van der Waals surface area contributed by atoms with Crippen molar-refractivity contribution in [2.75, 3.05) is 4.90 Å². The van der Waals surface area contributed by atoms with Gasteiger partial charge in [-0.05, 0) is 67.6 Å². The van der Waals surface area contributed by atoms with Crippen LogP contribution in [0, 0.1) is 0 Å². The van der Waals surface area contributed by atoms with Crippen molar-refractivity contribution in [3.63, 3.8) is 0 Å². The minimum Gasteiger partial charge on any atom is -0.310 e. The predicted octanol–water partition coefficient (Wildman–Crippen LogP) is 4.89. The quantitative estimate of drug-likeness (QED) is 0.471. The van der Waals surface area contributed by atoms with Crippen LogP contribution in [0.4, 0.5) is 11.5 Å². The lowest BCUT2D eigenvalue weighted by molar-refractivity contribution is -0.116. The van der Waals surface area contributed by atoms with E-state index in [1.165, 1.54) is 12.1 Å².